The highest BCUT2D eigenvalue weighted by Crippen LogP contribution is 2.17. The fourth-order valence-corrected chi connectivity index (χ4v) is 1.36. The maximum atomic E-state index is 11.0. The predicted octanol–water partition coefficient (Wildman–Crippen LogP) is 2.82. The molecule has 0 radical (unpaired) electrons. The summed E-state index contributed by atoms with van der Waals surface area (Å²) in [6.07, 6.45) is 1.69. The molecule has 3 heteroatoms. The van der Waals surface area contributed by atoms with E-state index >= 15 is 0 Å². The Labute approximate surface area is 95.4 Å². The van der Waals surface area contributed by atoms with Gasteiger partial charge in [0, 0.05) is 5.57 Å². The van der Waals surface area contributed by atoms with E-state index in [-0.39, 0.29) is 5.92 Å². The highest BCUT2D eigenvalue weighted by Gasteiger charge is 2.11. The molecule has 0 aliphatic heterocycles. The van der Waals surface area contributed by atoms with Crippen LogP contribution in [-0.2, 0) is 4.79 Å². The summed E-state index contributed by atoms with van der Waals surface area (Å²) in [5, 5.41) is 9.01. The molecule has 16 heavy (non-hydrogen) atoms. The van der Waals surface area contributed by atoms with Crippen LogP contribution < -0.4 is 4.74 Å². The molecule has 3 nitrogen and oxygen atoms in total. The quantitative estimate of drug-likeness (QED) is 0.793. The Morgan fingerprint density at radius 3 is 2.25 bits per heavy atom. The molecule has 0 atom stereocenters. The average Bonchev–Trinajstić information content (AvgIpc) is 2.25. The minimum atomic E-state index is -0.870. The van der Waals surface area contributed by atoms with Gasteiger partial charge in [-0.3, -0.25) is 0 Å². The summed E-state index contributed by atoms with van der Waals surface area (Å²) in [5.41, 5.74) is 1.28. The molecule has 86 valence electrons. The molecule has 0 fully saturated rings. The number of carbonyl (C=O) groups is 1. The monoisotopic (exact) mass is 220 g/mol. The van der Waals surface area contributed by atoms with Crippen molar-refractivity contribution in [3.05, 3.63) is 35.4 Å². The molecular formula is C13H16O3. The largest absolute Gasteiger partial charge is 0.497 e. The second kappa shape index (κ2) is 5.35. The summed E-state index contributed by atoms with van der Waals surface area (Å²) in [5.74, 6) is -0.107. The number of hydrogen-bond acceptors (Lipinski definition) is 2. The van der Waals surface area contributed by atoms with Crippen LogP contribution in [0.1, 0.15) is 19.4 Å². The summed E-state index contributed by atoms with van der Waals surface area (Å²) in [6, 6.07) is 7.30. The smallest absolute Gasteiger partial charge is 0.331 e. The second-order valence-electron chi connectivity index (χ2n) is 3.83. The lowest BCUT2D eigenvalue weighted by Gasteiger charge is -2.06. The number of benzene rings is 1. The van der Waals surface area contributed by atoms with E-state index in [0.717, 1.165) is 11.3 Å². The Bertz CT molecular complexity index is 388. The summed E-state index contributed by atoms with van der Waals surface area (Å²) in [6.45, 7) is 3.73. The van der Waals surface area contributed by atoms with Gasteiger partial charge in [-0.25, -0.2) is 4.79 Å². The Balaban J connectivity index is 2.99. The van der Waals surface area contributed by atoms with E-state index in [0.29, 0.717) is 5.57 Å². The first-order chi connectivity index (χ1) is 7.54. The molecule has 1 rings (SSSR count). The molecule has 1 aromatic rings. The standard InChI is InChI=1S/C13H16O3/c1-9(2)12(13(14)15)8-10-4-6-11(16-3)7-5-10/h4-9H,1-3H3,(H,14,15)/b12-8+. The normalized spacial score (nSPS) is 11.6. The van der Waals surface area contributed by atoms with E-state index in [1.807, 2.05) is 38.1 Å². The number of methoxy groups -OCH3 is 1. The van der Waals surface area contributed by atoms with Crippen LogP contribution in [0.25, 0.3) is 6.08 Å². The van der Waals surface area contributed by atoms with Gasteiger partial charge in [-0.15, -0.1) is 0 Å². The SMILES string of the molecule is COc1ccc(/C=C(/C(=O)O)C(C)C)cc1. The van der Waals surface area contributed by atoms with Gasteiger partial charge in [0.15, 0.2) is 0 Å². The summed E-state index contributed by atoms with van der Waals surface area (Å²) in [7, 11) is 1.60. The Morgan fingerprint density at radius 2 is 1.88 bits per heavy atom. The molecule has 0 saturated heterocycles. The van der Waals surface area contributed by atoms with Gasteiger partial charge in [0.25, 0.3) is 0 Å². The van der Waals surface area contributed by atoms with Crippen molar-refractivity contribution in [3.63, 3.8) is 0 Å². The molecule has 0 aromatic heterocycles. The van der Waals surface area contributed by atoms with Crippen LogP contribution in [0.5, 0.6) is 5.75 Å². The van der Waals surface area contributed by atoms with Crippen LogP contribution in [0.15, 0.2) is 29.8 Å². The minimum Gasteiger partial charge on any atom is -0.497 e. The molecule has 0 aliphatic carbocycles. The minimum absolute atomic E-state index is 0.000369. The highest BCUT2D eigenvalue weighted by molar-refractivity contribution is 5.92. The van der Waals surface area contributed by atoms with Crippen molar-refractivity contribution in [2.24, 2.45) is 5.92 Å². The Hall–Kier alpha value is -1.77. The molecular weight excluding hydrogens is 204 g/mol. The van der Waals surface area contributed by atoms with E-state index in [4.69, 9.17) is 9.84 Å². The zero-order valence-electron chi connectivity index (χ0n) is 9.73. The molecule has 0 unspecified atom stereocenters. The van der Waals surface area contributed by atoms with Crippen molar-refractivity contribution in [2.45, 2.75) is 13.8 Å². The molecule has 1 N–H and O–H groups in total. The highest BCUT2D eigenvalue weighted by atomic mass is 16.5. The fraction of sp³-hybridized carbons (Fsp3) is 0.308. The third-order valence-electron chi connectivity index (χ3n) is 2.31. The van der Waals surface area contributed by atoms with Gasteiger partial charge in [-0.05, 0) is 29.7 Å². The number of aliphatic carboxylic acids is 1. The van der Waals surface area contributed by atoms with Crippen molar-refractivity contribution in [1.29, 1.82) is 0 Å². The van der Waals surface area contributed by atoms with Gasteiger partial charge in [-0.1, -0.05) is 26.0 Å². The fourth-order valence-electron chi connectivity index (χ4n) is 1.36. The van der Waals surface area contributed by atoms with Gasteiger partial charge in [0.2, 0.25) is 0 Å². The molecule has 0 heterocycles. The number of hydrogen-bond donors (Lipinski definition) is 1. The molecule has 0 saturated carbocycles. The summed E-state index contributed by atoms with van der Waals surface area (Å²) < 4.78 is 5.03. The van der Waals surface area contributed by atoms with Crippen molar-refractivity contribution in [1.82, 2.24) is 0 Å². The van der Waals surface area contributed by atoms with Gasteiger partial charge in [0.05, 0.1) is 7.11 Å². The zero-order valence-corrected chi connectivity index (χ0v) is 9.73. The van der Waals surface area contributed by atoms with Gasteiger partial charge < -0.3 is 9.84 Å². The van der Waals surface area contributed by atoms with Crippen LogP contribution in [0.2, 0.25) is 0 Å². The van der Waals surface area contributed by atoms with E-state index in [2.05, 4.69) is 0 Å². The van der Waals surface area contributed by atoms with Crippen LogP contribution in [-0.4, -0.2) is 18.2 Å². The zero-order chi connectivity index (χ0) is 12.1. The number of carboxylic acid groups (broad SMARTS) is 1. The maximum absolute atomic E-state index is 11.0. The number of ether oxygens (including phenoxy) is 1. The first-order valence-corrected chi connectivity index (χ1v) is 5.13. The van der Waals surface area contributed by atoms with Gasteiger partial charge >= 0.3 is 5.97 Å². The summed E-state index contributed by atoms with van der Waals surface area (Å²) in [4.78, 5) is 11.0. The van der Waals surface area contributed by atoms with E-state index in [1.165, 1.54) is 0 Å². The molecule has 0 bridgehead atoms. The van der Waals surface area contributed by atoms with Crippen molar-refractivity contribution >= 4 is 12.0 Å². The lowest BCUT2D eigenvalue weighted by atomic mass is 10.0. The molecule has 0 spiro atoms. The average molecular weight is 220 g/mol. The topological polar surface area (TPSA) is 46.5 Å². The maximum Gasteiger partial charge on any atom is 0.331 e. The second-order valence-corrected chi connectivity index (χ2v) is 3.83. The van der Waals surface area contributed by atoms with Gasteiger partial charge in [-0.2, -0.15) is 0 Å². The predicted molar refractivity (Wildman–Crippen MR) is 63.4 cm³/mol. The van der Waals surface area contributed by atoms with E-state index < -0.39 is 5.97 Å². The van der Waals surface area contributed by atoms with Crippen LogP contribution in [0.3, 0.4) is 0 Å². The third-order valence-corrected chi connectivity index (χ3v) is 2.31. The molecule has 0 aliphatic rings. The molecule has 1 aromatic carbocycles. The Morgan fingerprint density at radius 1 is 1.31 bits per heavy atom. The van der Waals surface area contributed by atoms with Crippen LogP contribution >= 0.6 is 0 Å². The number of rotatable bonds is 4. The van der Waals surface area contributed by atoms with E-state index in [9.17, 15) is 4.79 Å². The van der Waals surface area contributed by atoms with Crippen LogP contribution in [0.4, 0.5) is 0 Å². The first-order valence-electron chi connectivity index (χ1n) is 5.13. The van der Waals surface area contributed by atoms with Crippen LogP contribution in [0, 0.1) is 5.92 Å². The van der Waals surface area contributed by atoms with Crippen molar-refractivity contribution in [2.75, 3.05) is 7.11 Å². The third kappa shape index (κ3) is 3.12. The molecule has 0 amide bonds. The van der Waals surface area contributed by atoms with Crippen molar-refractivity contribution in [3.8, 4) is 5.75 Å². The summed E-state index contributed by atoms with van der Waals surface area (Å²) >= 11 is 0. The van der Waals surface area contributed by atoms with Gasteiger partial charge in [0.1, 0.15) is 5.75 Å². The number of carboxylic acids is 1. The van der Waals surface area contributed by atoms with Crippen molar-refractivity contribution < 1.29 is 14.6 Å². The Kier molecular flexibility index (Phi) is 4.11. The first kappa shape index (κ1) is 12.3. The van der Waals surface area contributed by atoms with E-state index in [1.54, 1.807) is 13.2 Å². The lowest BCUT2D eigenvalue weighted by molar-refractivity contribution is -0.133. The lowest BCUT2D eigenvalue weighted by Crippen LogP contribution is -2.06.